The molecule has 4 rings (SSSR count). The summed E-state index contributed by atoms with van der Waals surface area (Å²) in [6.07, 6.45) is 0.869. The summed E-state index contributed by atoms with van der Waals surface area (Å²) in [4.78, 5) is 11.9. The van der Waals surface area contributed by atoms with Gasteiger partial charge in [-0.1, -0.05) is 54.7 Å². The lowest BCUT2D eigenvalue weighted by molar-refractivity contribution is 0.101. The summed E-state index contributed by atoms with van der Waals surface area (Å²) in [5, 5.41) is 15.1. The molecule has 3 aromatic carbocycles. The Bertz CT molecular complexity index is 1390. The van der Waals surface area contributed by atoms with E-state index in [9.17, 15) is 18.3 Å². The summed E-state index contributed by atoms with van der Waals surface area (Å²) < 4.78 is 29.0. The summed E-state index contributed by atoms with van der Waals surface area (Å²) in [7, 11) is -3.95. The first-order chi connectivity index (χ1) is 16.6. The van der Waals surface area contributed by atoms with E-state index >= 15 is 0 Å². The molecule has 1 aliphatic heterocycles. The number of aliphatic hydroxyl groups is 1. The molecule has 1 aliphatic rings. The number of halogens is 2. The van der Waals surface area contributed by atoms with Gasteiger partial charge in [0.05, 0.1) is 32.8 Å². The molecule has 0 saturated heterocycles. The predicted molar refractivity (Wildman–Crippen MR) is 140 cm³/mol. The third kappa shape index (κ3) is 5.48. The van der Waals surface area contributed by atoms with Crippen LogP contribution >= 0.6 is 23.2 Å². The Morgan fingerprint density at radius 3 is 2.57 bits per heavy atom. The Kier molecular flexibility index (Phi) is 7.43. The van der Waals surface area contributed by atoms with E-state index in [0.717, 1.165) is 23.2 Å². The van der Waals surface area contributed by atoms with Crippen molar-refractivity contribution < 1.29 is 18.3 Å². The minimum absolute atomic E-state index is 0.0281. The van der Waals surface area contributed by atoms with Crippen molar-refractivity contribution in [3.8, 4) is 0 Å². The highest BCUT2D eigenvalue weighted by Crippen LogP contribution is 2.42. The zero-order valence-corrected chi connectivity index (χ0v) is 21.6. The molecule has 3 aromatic rings. The highest BCUT2D eigenvalue weighted by Gasteiger charge is 2.30. The Labute approximate surface area is 215 Å². The lowest BCUT2D eigenvalue weighted by atomic mass is 9.88. The van der Waals surface area contributed by atoms with Gasteiger partial charge < -0.3 is 10.4 Å². The Balaban J connectivity index is 1.71. The number of fused-ring (bicyclic) bond motifs is 1. The molecule has 0 saturated carbocycles. The van der Waals surface area contributed by atoms with E-state index in [4.69, 9.17) is 23.2 Å². The second kappa shape index (κ2) is 10.2. The number of nitrogens with one attached hydrogen (secondary N) is 2. The van der Waals surface area contributed by atoms with Crippen molar-refractivity contribution in [2.24, 2.45) is 0 Å². The van der Waals surface area contributed by atoms with Crippen LogP contribution in [-0.2, 0) is 16.4 Å². The zero-order valence-electron chi connectivity index (χ0n) is 19.3. The van der Waals surface area contributed by atoms with Crippen LogP contribution in [-0.4, -0.2) is 19.3 Å². The lowest BCUT2D eigenvalue weighted by Crippen LogP contribution is -2.24. The van der Waals surface area contributed by atoms with Gasteiger partial charge in [-0.2, -0.15) is 0 Å². The van der Waals surface area contributed by atoms with Crippen LogP contribution < -0.4 is 10.0 Å². The molecule has 0 amide bonds. The number of hydrogen-bond donors (Lipinski definition) is 3. The van der Waals surface area contributed by atoms with Gasteiger partial charge in [0.25, 0.3) is 10.0 Å². The van der Waals surface area contributed by atoms with Gasteiger partial charge in [-0.05, 0) is 60.9 Å². The number of carbonyl (C=O) groups is 1. The van der Waals surface area contributed by atoms with E-state index in [2.05, 4.69) is 10.0 Å². The number of ketones is 1. The van der Waals surface area contributed by atoms with Crippen LogP contribution in [0.25, 0.3) is 0 Å². The molecule has 184 valence electrons. The molecule has 2 atom stereocenters. The molecule has 0 radical (unpaired) electrons. The van der Waals surface area contributed by atoms with E-state index in [1.165, 1.54) is 31.2 Å². The van der Waals surface area contributed by atoms with Crippen molar-refractivity contribution in [1.29, 1.82) is 0 Å². The van der Waals surface area contributed by atoms with Crippen molar-refractivity contribution in [2.75, 3.05) is 10.0 Å². The predicted octanol–water partition coefficient (Wildman–Crippen LogP) is 6.54. The SMILES string of the molecule is CCCc1cc(S(=O)(=O)Nc2ccc(Cl)c(Cl)c2)cc2c1NC(c1cccc(C(C)=O)c1)C[C@@H]2O. The maximum Gasteiger partial charge on any atom is 0.261 e. The number of benzene rings is 3. The highest BCUT2D eigenvalue weighted by atomic mass is 35.5. The summed E-state index contributed by atoms with van der Waals surface area (Å²) in [5.41, 5.74) is 3.85. The fourth-order valence-electron chi connectivity index (χ4n) is 4.31. The van der Waals surface area contributed by atoms with E-state index in [1.807, 2.05) is 25.1 Å². The fourth-order valence-corrected chi connectivity index (χ4v) is 5.74. The average molecular weight is 533 g/mol. The lowest BCUT2D eigenvalue weighted by Gasteiger charge is -2.33. The van der Waals surface area contributed by atoms with Gasteiger partial charge in [0, 0.05) is 23.2 Å². The van der Waals surface area contributed by atoms with Crippen molar-refractivity contribution in [3.05, 3.63) is 86.9 Å². The smallest absolute Gasteiger partial charge is 0.261 e. The largest absolute Gasteiger partial charge is 0.388 e. The topological polar surface area (TPSA) is 95.5 Å². The summed E-state index contributed by atoms with van der Waals surface area (Å²) in [6.45, 7) is 3.53. The number of hydrogen-bond acceptors (Lipinski definition) is 5. The number of sulfonamides is 1. The number of aryl methyl sites for hydroxylation is 1. The van der Waals surface area contributed by atoms with Crippen molar-refractivity contribution >= 4 is 50.4 Å². The normalized spacial score (nSPS) is 17.4. The van der Waals surface area contributed by atoms with Crippen LogP contribution in [0.4, 0.5) is 11.4 Å². The molecule has 0 fully saturated rings. The van der Waals surface area contributed by atoms with E-state index in [-0.39, 0.29) is 21.7 Å². The molecule has 0 aromatic heterocycles. The van der Waals surface area contributed by atoms with Crippen LogP contribution in [0.2, 0.25) is 10.0 Å². The van der Waals surface area contributed by atoms with Crippen molar-refractivity contribution in [1.82, 2.24) is 0 Å². The molecule has 0 spiro atoms. The molecule has 1 unspecified atom stereocenters. The zero-order chi connectivity index (χ0) is 25.3. The first-order valence-electron chi connectivity index (χ1n) is 11.3. The van der Waals surface area contributed by atoms with E-state index < -0.39 is 16.1 Å². The third-order valence-electron chi connectivity index (χ3n) is 6.06. The van der Waals surface area contributed by atoms with Gasteiger partial charge in [0.2, 0.25) is 0 Å². The highest BCUT2D eigenvalue weighted by molar-refractivity contribution is 7.92. The molecule has 9 heteroatoms. The minimum atomic E-state index is -3.95. The minimum Gasteiger partial charge on any atom is -0.388 e. The number of anilines is 2. The Morgan fingerprint density at radius 1 is 1.11 bits per heavy atom. The van der Waals surface area contributed by atoms with Crippen LogP contribution in [0.5, 0.6) is 0 Å². The average Bonchev–Trinajstić information content (AvgIpc) is 2.81. The molecule has 0 bridgehead atoms. The van der Waals surface area contributed by atoms with E-state index in [0.29, 0.717) is 34.7 Å². The van der Waals surface area contributed by atoms with Gasteiger partial charge in [-0.15, -0.1) is 0 Å². The van der Waals surface area contributed by atoms with Gasteiger partial charge in [-0.3, -0.25) is 9.52 Å². The van der Waals surface area contributed by atoms with Crippen LogP contribution in [0, 0.1) is 0 Å². The molecular formula is C26H26Cl2N2O4S. The number of aliphatic hydroxyl groups excluding tert-OH is 1. The Hall–Kier alpha value is -2.58. The first kappa shape index (κ1) is 25.5. The third-order valence-corrected chi connectivity index (χ3v) is 8.16. The maximum atomic E-state index is 13.2. The molecule has 3 N–H and O–H groups in total. The first-order valence-corrected chi connectivity index (χ1v) is 13.5. The second-order valence-corrected chi connectivity index (χ2v) is 11.2. The second-order valence-electron chi connectivity index (χ2n) is 8.66. The molecular weight excluding hydrogens is 507 g/mol. The maximum absolute atomic E-state index is 13.2. The quantitative estimate of drug-likeness (QED) is 0.300. The Morgan fingerprint density at radius 2 is 1.89 bits per heavy atom. The van der Waals surface area contributed by atoms with Gasteiger partial charge >= 0.3 is 0 Å². The van der Waals surface area contributed by atoms with Gasteiger partial charge in [-0.25, -0.2) is 8.42 Å². The number of rotatable bonds is 7. The summed E-state index contributed by atoms with van der Waals surface area (Å²) >= 11 is 12.0. The standard InChI is InChI=1S/C26H26Cl2N2O4S/c1-3-5-18-11-20(35(33,34)30-19-8-9-22(27)23(28)12-19)13-21-25(32)14-24(29-26(18)21)17-7-4-6-16(10-17)15(2)31/h4,6-13,24-25,29-30,32H,3,5,14H2,1-2H3/t24?,25-/m0/s1. The summed E-state index contributed by atoms with van der Waals surface area (Å²) in [5.74, 6) is -0.0281. The van der Waals surface area contributed by atoms with Crippen LogP contribution in [0.15, 0.2) is 59.5 Å². The number of Topliss-reactive ketones (excluding diaryl/α,β-unsaturated/α-hetero) is 1. The van der Waals surface area contributed by atoms with Crippen LogP contribution in [0.3, 0.4) is 0 Å². The molecule has 6 nitrogen and oxygen atoms in total. The van der Waals surface area contributed by atoms with Gasteiger partial charge in [0.15, 0.2) is 5.78 Å². The monoisotopic (exact) mass is 532 g/mol. The fraction of sp³-hybridized carbons (Fsp3) is 0.269. The molecule has 0 aliphatic carbocycles. The van der Waals surface area contributed by atoms with Crippen LogP contribution in [0.1, 0.15) is 65.9 Å². The van der Waals surface area contributed by atoms with Gasteiger partial charge in [0.1, 0.15) is 0 Å². The van der Waals surface area contributed by atoms with Crippen molar-refractivity contribution in [3.63, 3.8) is 0 Å². The summed E-state index contributed by atoms with van der Waals surface area (Å²) in [6, 6.07) is 14.8. The molecule has 1 heterocycles. The molecule has 35 heavy (non-hydrogen) atoms. The van der Waals surface area contributed by atoms with E-state index in [1.54, 1.807) is 12.1 Å². The number of carbonyl (C=O) groups excluding carboxylic acids is 1. The van der Waals surface area contributed by atoms with Crippen molar-refractivity contribution in [2.45, 2.75) is 50.2 Å².